The highest BCUT2D eigenvalue weighted by Gasteiger charge is 2.35. The summed E-state index contributed by atoms with van der Waals surface area (Å²) < 4.78 is 4.66. The van der Waals surface area contributed by atoms with Gasteiger partial charge in [0.25, 0.3) is 0 Å². The Labute approximate surface area is 329 Å². The molecule has 57 heavy (non-hydrogen) atoms. The van der Waals surface area contributed by atoms with E-state index < -0.39 is 5.79 Å². The average molecular weight is 733 g/mol. The van der Waals surface area contributed by atoms with Crippen molar-refractivity contribution in [1.82, 2.24) is 24.4 Å². The molecule has 0 spiro atoms. The van der Waals surface area contributed by atoms with Gasteiger partial charge in [0.15, 0.2) is 0 Å². The smallest absolute Gasteiger partial charge is 0.235 e. The van der Waals surface area contributed by atoms with Crippen molar-refractivity contribution < 1.29 is 0 Å². The number of hydrogen-bond donors (Lipinski definition) is 1. The number of nitrogens with zero attached hydrogens (tertiary/aromatic N) is 5. The highest BCUT2D eigenvalue weighted by molar-refractivity contribution is 6.23. The van der Waals surface area contributed by atoms with Crippen LogP contribution in [0.2, 0.25) is 0 Å². The molecule has 1 atom stereocenters. The summed E-state index contributed by atoms with van der Waals surface area (Å²) in [6, 6.07) is 65.6. The van der Waals surface area contributed by atoms with Crippen LogP contribution in [0.15, 0.2) is 199 Å². The van der Waals surface area contributed by atoms with Crippen molar-refractivity contribution >= 4 is 55.0 Å². The molecule has 0 radical (unpaired) electrons. The van der Waals surface area contributed by atoms with E-state index in [0.717, 1.165) is 88.7 Å². The molecule has 7 aromatic carbocycles. The first kappa shape index (κ1) is 32.8. The molecule has 0 saturated heterocycles. The lowest BCUT2D eigenvalue weighted by Gasteiger charge is -2.36. The van der Waals surface area contributed by atoms with Gasteiger partial charge in [-0.15, -0.1) is 0 Å². The van der Waals surface area contributed by atoms with Crippen LogP contribution in [0, 0.1) is 0 Å². The second kappa shape index (κ2) is 13.0. The number of rotatable bonds is 6. The van der Waals surface area contributed by atoms with Crippen LogP contribution in [0.1, 0.15) is 18.1 Å². The van der Waals surface area contributed by atoms with Crippen molar-refractivity contribution in [1.29, 1.82) is 0 Å². The number of allylic oxidation sites excluding steroid dienone is 1. The standard InChI is InChI=1S/C51H36N6/c1-51(54-44(36-22-10-4-11-23-36)33-45(55-51)37-24-12-5-13-25-37)57-47-29-17-15-27-39(47)41-31-30-40-38-26-14-16-28-46(38)56(48(40)49(41)57)50-52-42(34-18-6-2-7-19-34)32-43(53-50)35-20-8-3-9-21-35/h2-33,54H,1H3. The quantitative estimate of drug-likeness (QED) is 0.185. The van der Waals surface area contributed by atoms with Crippen LogP contribution in [0.4, 0.5) is 0 Å². The van der Waals surface area contributed by atoms with Crippen LogP contribution < -0.4 is 5.32 Å². The van der Waals surface area contributed by atoms with Crippen molar-refractivity contribution in [3.8, 4) is 28.5 Å². The van der Waals surface area contributed by atoms with Gasteiger partial charge < -0.3 is 5.32 Å². The number of fused-ring (bicyclic) bond motifs is 7. The van der Waals surface area contributed by atoms with E-state index in [0.29, 0.717) is 5.95 Å². The van der Waals surface area contributed by atoms with Gasteiger partial charge in [-0.2, -0.15) is 0 Å². The first-order valence-corrected chi connectivity index (χ1v) is 19.3. The first-order valence-electron chi connectivity index (χ1n) is 19.3. The van der Waals surface area contributed by atoms with Crippen LogP contribution in [-0.4, -0.2) is 24.8 Å². The zero-order valence-electron chi connectivity index (χ0n) is 31.2. The normalized spacial score (nSPS) is 15.5. The Kier molecular flexibility index (Phi) is 7.51. The molecule has 10 aromatic rings. The summed E-state index contributed by atoms with van der Waals surface area (Å²) >= 11 is 0. The molecule has 3 aromatic heterocycles. The summed E-state index contributed by atoms with van der Waals surface area (Å²) in [5.74, 6) is -0.352. The molecule has 1 aliphatic rings. The molecule has 6 heteroatoms. The highest BCUT2D eigenvalue weighted by atomic mass is 15.4. The van der Waals surface area contributed by atoms with Crippen LogP contribution in [0.25, 0.3) is 77.8 Å². The molecule has 11 rings (SSSR count). The van der Waals surface area contributed by atoms with Crippen molar-refractivity contribution in [2.45, 2.75) is 12.7 Å². The Morgan fingerprint density at radius 2 is 0.930 bits per heavy atom. The second-order valence-electron chi connectivity index (χ2n) is 14.7. The van der Waals surface area contributed by atoms with Crippen molar-refractivity contribution in [2.75, 3.05) is 0 Å². The zero-order chi connectivity index (χ0) is 37.9. The number of para-hydroxylation sites is 2. The van der Waals surface area contributed by atoms with E-state index in [4.69, 9.17) is 15.0 Å². The highest BCUT2D eigenvalue weighted by Crippen LogP contribution is 2.43. The molecule has 1 N–H and O–H groups in total. The van der Waals surface area contributed by atoms with Gasteiger partial charge in [0.1, 0.15) is 0 Å². The first-order chi connectivity index (χ1) is 28.1. The fourth-order valence-electron chi connectivity index (χ4n) is 8.57. The van der Waals surface area contributed by atoms with Gasteiger partial charge in [-0.3, -0.25) is 9.13 Å². The summed E-state index contributed by atoms with van der Waals surface area (Å²) in [4.78, 5) is 16.4. The number of hydrogen-bond acceptors (Lipinski definition) is 4. The van der Waals surface area contributed by atoms with E-state index in [2.05, 4.69) is 197 Å². The van der Waals surface area contributed by atoms with Gasteiger partial charge in [-0.05, 0) is 42.3 Å². The van der Waals surface area contributed by atoms with E-state index >= 15 is 0 Å². The minimum Gasteiger partial charge on any atom is -0.344 e. The molecular weight excluding hydrogens is 697 g/mol. The molecule has 270 valence electrons. The molecule has 0 saturated carbocycles. The maximum absolute atomic E-state index is 5.62. The summed E-state index contributed by atoms with van der Waals surface area (Å²) in [7, 11) is 0. The Balaban J connectivity index is 1.27. The van der Waals surface area contributed by atoms with E-state index in [1.54, 1.807) is 0 Å². The van der Waals surface area contributed by atoms with Crippen LogP contribution in [-0.2, 0) is 5.79 Å². The molecule has 0 bridgehead atoms. The third kappa shape index (κ3) is 5.37. The minimum atomic E-state index is -0.954. The molecule has 0 fully saturated rings. The number of aromatic nitrogens is 4. The van der Waals surface area contributed by atoms with Gasteiger partial charge in [0, 0.05) is 38.4 Å². The summed E-state index contributed by atoms with van der Waals surface area (Å²) in [5, 5.41) is 8.46. The molecule has 0 aliphatic carbocycles. The number of benzene rings is 7. The zero-order valence-corrected chi connectivity index (χ0v) is 31.2. The second-order valence-corrected chi connectivity index (χ2v) is 14.7. The molecule has 4 heterocycles. The Morgan fingerprint density at radius 3 is 1.53 bits per heavy atom. The average Bonchev–Trinajstić information content (AvgIpc) is 3.81. The van der Waals surface area contributed by atoms with Gasteiger partial charge in [-0.25, -0.2) is 15.0 Å². The molecule has 1 aliphatic heterocycles. The maximum atomic E-state index is 5.62. The third-order valence-corrected chi connectivity index (χ3v) is 11.1. The van der Waals surface area contributed by atoms with Crippen molar-refractivity contribution in [2.24, 2.45) is 4.99 Å². The Bertz CT molecular complexity index is 3140. The fourth-order valence-corrected chi connectivity index (χ4v) is 8.57. The minimum absolute atomic E-state index is 0.603. The lowest BCUT2D eigenvalue weighted by atomic mass is 10.0. The topological polar surface area (TPSA) is 60.0 Å². The molecule has 6 nitrogen and oxygen atoms in total. The van der Waals surface area contributed by atoms with Crippen molar-refractivity contribution in [3.63, 3.8) is 0 Å². The molecule has 1 unspecified atom stereocenters. The maximum Gasteiger partial charge on any atom is 0.235 e. The van der Waals surface area contributed by atoms with Crippen molar-refractivity contribution in [3.05, 3.63) is 205 Å². The van der Waals surface area contributed by atoms with E-state index in [1.165, 1.54) is 0 Å². The van der Waals surface area contributed by atoms with Crippen LogP contribution in [0.5, 0.6) is 0 Å². The summed E-state index contributed by atoms with van der Waals surface area (Å²) in [5.41, 5.74) is 12.0. The molecule has 0 amide bonds. The van der Waals surface area contributed by atoms with Crippen LogP contribution >= 0.6 is 0 Å². The lowest BCUT2D eigenvalue weighted by Crippen LogP contribution is -2.45. The van der Waals surface area contributed by atoms with Gasteiger partial charge in [0.2, 0.25) is 11.7 Å². The van der Waals surface area contributed by atoms with Gasteiger partial charge >= 0.3 is 0 Å². The predicted octanol–water partition coefficient (Wildman–Crippen LogP) is 11.8. The molecular formula is C51H36N6. The van der Waals surface area contributed by atoms with E-state index in [-0.39, 0.29) is 0 Å². The fraction of sp³-hybridized carbons (Fsp3) is 0.0392. The Morgan fingerprint density at radius 1 is 0.456 bits per heavy atom. The van der Waals surface area contributed by atoms with Gasteiger partial charge in [-0.1, -0.05) is 170 Å². The van der Waals surface area contributed by atoms with E-state index in [9.17, 15) is 0 Å². The van der Waals surface area contributed by atoms with Crippen LogP contribution in [0.3, 0.4) is 0 Å². The SMILES string of the molecule is CC1(n2c3ccccc3c3ccc4c5ccccc5n(-c5nc(-c6ccccc6)cc(-c6ccccc6)n5)c4c32)N=C(c2ccccc2)C=C(c2ccccc2)N1. The van der Waals surface area contributed by atoms with E-state index in [1.807, 2.05) is 18.2 Å². The monoisotopic (exact) mass is 732 g/mol. The summed E-state index contributed by atoms with van der Waals surface area (Å²) in [6.45, 7) is 2.18. The van der Waals surface area contributed by atoms with Gasteiger partial charge in [0.05, 0.1) is 39.2 Å². The third-order valence-electron chi connectivity index (χ3n) is 11.1. The number of aliphatic imine (C=N–C) groups is 1. The number of nitrogens with one attached hydrogen (secondary N) is 1. The largest absolute Gasteiger partial charge is 0.344 e. The Hall–Kier alpha value is -7.57. The lowest BCUT2D eigenvalue weighted by molar-refractivity contribution is 0.316. The summed E-state index contributed by atoms with van der Waals surface area (Å²) in [6.07, 6.45) is 2.17. The predicted molar refractivity (Wildman–Crippen MR) is 234 cm³/mol.